The Labute approximate surface area is 153 Å². The first-order valence-corrected chi connectivity index (χ1v) is 9.32. The molecule has 1 atom stereocenters. The highest BCUT2D eigenvalue weighted by Gasteiger charge is 2.48. The van der Waals surface area contributed by atoms with Crippen molar-refractivity contribution in [1.82, 2.24) is 9.80 Å². The molecule has 134 valence electrons. The van der Waals surface area contributed by atoms with Gasteiger partial charge in [-0.3, -0.25) is 9.59 Å². The van der Waals surface area contributed by atoms with Gasteiger partial charge in [-0.1, -0.05) is 36.4 Å². The van der Waals surface area contributed by atoms with Gasteiger partial charge in [0.1, 0.15) is 6.42 Å². The zero-order valence-corrected chi connectivity index (χ0v) is 14.9. The van der Waals surface area contributed by atoms with Crippen molar-refractivity contribution in [2.45, 2.75) is 37.0 Å². The van der Waals surface area contributed by atoms with E-state index in [0.29, 0.717) is 26.2 Å². The minimum absolute atomic E-state index is 0.0203. The van der Waals surface area contributed by atoms with E-state index in [9.17, 15) is 9.59 Å². The first-order chi connectivity index (χ1) is 12.6. The second-order valence-electron chi connectivity index (χ2n) is 7.55. The van der Waals surface area contributed by atoms with Crippen molar-refractivity contribution in [2.75, 3.05) is 26.2 Å². The molecule has 0 saturated carbocycles. The lowest BCUT2D eigenvalue weighted by Gasteiger charge is -2.40. The fourth-order valence-corrected chi connectivity index (χ4v) is 4.83. The second-order valence-corrected chi connectivity index (χ2v) is 7.55. The van der Waals surface area contributed by atoms with Gasteiger partial charge >= 0.3 is 0 Å². The summed E-state index contributed by atoms with van der Waals surface area (Å²) in [6.45, 7) is 2.75. The molecule has 5 nitrogen and oxygen atoms in total. The quantitative estimate of drug-likeness (QED) is 0.770. The molecule has 3 aliphatic rings. The van der Waals surface area contributed by atoms with Gasteiger partial charge < -0.3 is 9.80 Å². The SMILES string of the molecule is N#CCC(=O)N1CCC2(CC1)CC(C(=O)N1CC=CC1)c1ccccc12. The van der Waals surface area contributed by atoms with E-state index in [-0.39, 0.29) is 29.6 Å². The summed E-state index contributed by atoms with van der Waals surface area (Å²) in [5, 5.41) is 8.76. The predicted molar refractivity (Wildman–Crippen MR) is 97.2 cm³/mol. The first-order valence-electron chi connectivity index (χ1n) is 9.32. The topological polar surface area (TPSA) is 64.4 Å². The van der Waals surface area contributed by atoms with E-state index < -0.39 is 0 Å². The number of rotatable bonds is 2. The van der Waals surface area contributed by atoms with Gasteiger partial charge in [0.15, 0.2) is 0 Å². The van der Waals surface area contributed by atoms with Gasteiger partial charge in [-0.05, 0) is 30.4 Å². The van der Waals surface area contributed by atoms with Crippen LogP contribution in [-0.2, 0) is 15.0 Å². The van der Waals surface area contributed by atoms with Gasteiger partial charge in [0.2, 0.25) is 11.8 Å². The Bertz CT molecular complexity index is 792. The summed E-state index contributed by atoms with van der Waals surface area (Å²) in [5.41, 5.74) is 2.44. The lowest BCUT2D eigenvalue weighted by atomic mass is 9.73. The molecule has 0 N–H and O–H groups in total. The van der Waals surface area contributed by atoms with Crippen LogP contribution in [0, 0.1) is 11.3 Å². The third-order valence-electron chi connectivity index (χ3n) is 6.23. The van der Waals surface area contributed by atoms with Gasteiger partial charge in [0.05, 0.1) is 12.0 Å². The van der Waals surface area contributed by atoms with Crippen LogP contribution >= 0.6 is 0 Å². The normalized spacial score (nSPS) is 23.1. The average Bonchev–Trinajstić information content (AvgIpc) is 3.30. The van der Waals surface area contributed by atoms with Crippen LogP contribution in [0.25, 0.3) is 0 Å². The monoisotopic (exact) mass is 349 g/mol. The number of hydrogen-bond acceptors (Lipinski definition) is 3. The van der Waals surface area contributed by atoms with E-state index in [2.05, 4.69) is 18.2 Å². The second kappa shape index (κ2) is 6.60. The van der Waals surface area contributed by atoms with E-state index in [1.54, 1.807) is 4.90 Å². The molecule has 2 heterocycles. The van der Waals surface area contributed by atoms with Crippen molar-refractivity contribution in [3.63, 3.8) is 0 Å². The molecule has 2 aliphatic heterocycles. The standard InChI is InChI=1S/C21H23N3O2/c22-10-7-19(25)23-13-8-21(9-14-23)15-17(16-5-1-2-6-18(16)21)20(26)24-11-3-4-12-24/h1-6,17H,7-9,11-15H2. The van der Waals surface area contributed by atoms with E-state index in [0.717, 1.165) is 19.3 Å². The van der Waals surface area contributed by atoms with Crippen molar-refractivity contribution in [2.24, 2.45) is 0 Å². The zero-order valence-electron chi connectivity index (χ0n) is 14.9. The summed E-state index contributed by atoms with van der Waals surface area (Å²) in [6, 6.07) is 10.3. The molecule has 0 bridgehead atoms. The highest BCUT2D eigenvalue weighted by molar-refractivity contribution is 5.86. The van der Waals surface area contributed by atoms with Crippen molar-refractivity contribution < 1.29 is 9.59 Å². The van der Waals surface area contributed by atoms with Crippen molar-refractivity contribution in [3.8, 4) is 6.07 Å². The third-order valence-corrected chi connectivity index (χ3v) is 6.23. The lowest BCUT2D eigenvalue weighted by molar-refractivity contribution is -0.133. The Hall–Kier alpha value is -2.61. The van der Waals surface area contributed by atoms with Gasteiger partial charge in [-0.2, -0.15) is 5.26 Å². The number of likely N-dealkylation sites (tertiary alicyclic amines) is 1. The Morgan fingerprint density at radius 3 is 2.50 bits per heavy atom. The van der Waals surface area contributed by atoms with Crippen LogP contribution in [0.2, 0.25) is 0 Å². The van der Waals surface area contributed by atoms with Gasteiger partial charge in [0.25, 0.3) is 0 Å². The number of nitrogens with zero attached hydrogens (tertiary/aromatic N) is 3. The zero-order chi connectivity index (χ0) is 18.1. The molecule has 1 unspecified atom stereocenters. The van der Waals surface area contributed by atoms with Crippen LogP contribution in [0.15, 0.2) is 36.4 Å². The van der Waals surface area contributed by atoms with Crippen molar-refractivity contribution in [1.29, 1.82) is 5.26 Å². The highest BCUT2D eigenvalue weighted by atomic mass is 16.2. The Kier molecular flexibility index (Phi) is 4.28. The van der Waals surface area contributed by atoms with Crippen LogP contribution in [0.5, 0.6) is 0 Å². The Morgan fingerprint density at radius 2 is 1.81 bits per heavy atom. The number of piperidine rings is 1. The smallest absolute Gasteiger partial charge is 0.236 e. The molecule has 5 heteroatoms. The molecular formula is C21H23N3O2. The summed E-state index contributed by atoms with van der Waals surface area (Å²) in [7, 11) is 0. The molecule has 1 saturated heterocycles. The minimum atomic E-state index is -0.0793. The van der Waals surface area contributed by atoms with Gasteiger partial charge in [0, 0.05) is 31.6 Å². The van der Waals surface area contributed by atoms with Gasteiger partial charge in [-0.25, -0.2) is 0 Å². The number of benzene rings is 1. The molecule has 26 heavy (non-hydrogen) atoms. The number of carbonyl (C=O) groups is 2. The summed E-state index contributed by atoms with van der Waals surface area (Å²) < 4.78 is 0. The van der Waals surface area contributed by atoms with E-state index in [1.165, 1.54) is 11.1 Å². The van der Waals surface area contributed by atoms with E-state index in [4.69, 9.17) is 5.26 Å². The molecule has 0 radical (unpaired) electrons. The highest BCUT2D eigenvalue weighted by Crippen LogP contribution is 2.52. The third kappa shape index (κ3) is 2.70. The Morgan fingerprint density at radius 1 is 1.12 bits per heavy atom. The molecule has 1 aromatic rings. The number of fused-ring (bicyclic) bond motifs is 2. The number of nitriles is 1. The fraction of sp³-hybridized carbons (Fsp3) is 0.476. The minimum Gasteiger partial charge on any atom is -0.342 e. The molecule has 2 amide bonds. The maximum atomic E-state index is 13.1. The van der Waals surface area contributed by atoms with Crippen LogP contribution in [0.1, 0.15) is 42.7 Å². The molecule has 1 aromatic carbocycles. The number of amides is 2. The summed E-state index contributed by atoms with van der Waals surface area (Å²) >= 11 is 0. The van der Waals surface area contributed by atoms with Crippen LogP contribution < -0.4 is 0 Å². The molecule has 1 fully saturated rings. The summed E-state index contributed by atoms with van der Waals surface area (Å²) in [4.78, 5) is 28.8. The fourth-order valence-electron chi connectivity index (χ4n) is 4.83. The van der Waals surface area contributed by atoms with Crippen LogP contribution in [0.3, 0.4) is 0 Å². The number of hydrogen-bond donors (Lipinski definition) is 0. The van der Waals surface area contributed by atoms with E-state index >= 15 is 0 Å². The summed E-state index contributed by atoms with van der Waals surface area (Å²) in [6.07, 6.45) is 6.61. The Balaban J connectivity index is 1.56. The van der Waals surface area contributed by atoms with Crippen LogP contribution in [0.4, 0.5) is 0 Å². The average molecular weight is 349 g/mol. The van der Waals surface area contributed by atoms with Crippen LogP contribution in [-0.4, -0.2) is 47.8 Å². The largest absolute Gasteiger partial charge is 0.342 e. The summed E-state index contributed by atoms with van der Waals surface area (Å²) in [5.74, 6) is 0.0687. The predicted octanol–water partition coefficient (Wildman–Crippen LogP) is 2.35. The molecule has 1 aliphatic carbocycles. The molecule has 0 aromatic heterocycles. The van der Waals surface area contributed by atoms with Crippen molar-refractivity contribution >= 4 is 11.8 Å². The van der Waals surface area contributed by atoms with Crippen molar-refractivity contribution in [3.05, 3.63) is 47.5 Å². The lowest BCUT2D eigenvalue weighted by Crippen LogP contribution is -2.44. The first kappa shape index (κ1) is 16.8. The molecular weight excluding hydrogens is 326 g/mol. The molecule has 4 rings (SSSR count). The maximum absolute atomic E-state index is 13.1. The number of carbonyl (C=O) groups excluding carboxylic acids is 2. The molecule has 1 spiro atoms. The van der Waals surface area contributed by atoms with Gasteiger partial charge in [-0.15, -0.1) is 0 Å². The van der Waals surface area contributed by atoms with E-state index in [1.807, 2.05) is 29.2 Å². The maximum Gasteiger partial charge on any atom is 0.236 e.